The Kier molecular flexibility index (Phi) is 4.81. The van der Waals surface area contributed by atoms with E-state index >= 15 is 0 Å². The van der Waals surface area contributed by atoms with Crippen LogP contribution in [0.4, 0.5) is 0 Å². The molecular formula is C15H26N4O. The predicted molar refractivity (Wildman–Crippen MR) is 79.3 cm³/mol. The van der Waals surface area contributed by atoms with Crippen LogP contribution >= 0.6 is 0 Å². The van der Waals surface area contributed by atoms with Crippen molar-refractivity contribution in [1.29, 1.82) is 0 Å². The van der Waals surface area contributed by atoms with E-state index in [1.165, 1.54) is 5.69 Å². The third-order valence-electron chi connectivity index (χ3n) is 4.08. The second-order valence-corrected chi connectivity index (χ2v) is 6.10. The van der Waals surface area contributed by atoms with Crippen molar-refractivity contribution in [3.05, 3.63) is 17.5 Å². The highest BCUT2D eigenvalue weighted by molar-refractivity contribution is 5.77. The van der Waals surface area contributed by atoms with Gasteiger partial charge in [0.15, 0.2) is 0 Å². The summed E-state index contributed by atoms with van der Waals surface area (Å²) < 4.78 is 1.99. The average Bonchev–Trinajstić information content (AvgIpc) is 2.91. The number of carbonyl (C=O) groups excluding carboxylic acids is 1. The summed E-state index contributed by atoms with van der Waals surface area (Å²) in [7, 11) is 0. The van der Waals surface area contributed by atoms with Crippen LogP contribution in [-0.4, -0.2) is 27.8 Å². The average molecular weight is 278 g/mol. The lowest BCUT2D eigenvalue weighted by Gasteiger charge is -2.22. The van der Waals surface area contributed by atoms with Crippen molar-refractivity contribution in [3.63, 3.8) is 0 Å². The molecule has 1 saturated carbocycles. The monoisotopic (exact) mass is 278 g/mol. The fourth-order valence-electron chi connectivity index (χ4n) is 3.00. The summed E-state index contributed by atoms with van der Waals surface area (Å²) >= 11 is 0. The van der Waals surface area contributed by atoms with Crippen LogP contribution in [0.2, 0.25) is 0 Å². The van der Waals surface area contributed by atoms with Crippen molar-refractivity contribution in [1.82, 2.24) is 15.1 Å². The Labute approximate surface area is 120 Å². The zero-order chi connectivity index (χ0) is 14.6. The van der Waals surface area contributed by atoms with Gasteiger partial charge in [-0.1, -0.05) is 12.8 Å². The van der Waals surface area contributed by atoms with Crippen LogP contribution in [-0.2, 0) is 11.3 Å². The summed E-state index contributed by atoms with van der Waals surface area (Å²) in [6.07, 6.45) is 5.62. The maximum absolute atomic E-state index is 11.9. The molecule has 1 aliphatic carbocycles. The van der Waals surface area contributed by atoms with Crippen LogP contribution in [0.15, 0.2) is 6.07 Å². The lowest BCUT2D eigenvalue weighted by molar-refractivity contribution is -0.122. The molecule has 1 aliphatic rings. The first-order valence-electron chi connectivity index (χ1n) is 7.55. The molecule has 1 aromatic rings. The Balaban J connectivity index is 1.65. The smallest absolute Gasteiger partial charge is 0.221 e. The molecule has 1 fully saturated rings. The van der Waals surface area contributed by atoms with Crippen molar-refractivity contribution >= 4 is 5.91 Å². The number of rotatable bonds is 6. The van der Waals surface area contributed by atoms with Gasteiger partial charge in [0, 0.05) is 30.7 Å². The predicted octanol–water partition coefficient (Wildman–Crippen LogP) is 1.67. The Morgan fingerprint density at radius 1 is 1.45 bits per heavy atom. The molecule has 20 heavy (non-hydrogen) atoms. The summed E-state index contributed by atoms with van der Waals surface area (Å²) in [5.74, 6) is 0.0859. The number of aromatic nitrogens is 2. The third-order valence-corrected chi connectivity index (χ3v) is 4.08. The molecule has 0 spiro atoms. The van der Waals surface area contributed by atoms with Gasteiger partial charge in [0.1, 0.15) is 0 Å². The molecule has 0 aliphatic heterocycles. The van der Waals surface area contributed by atoms with Gasteiger partial charge in [-0.25, -0.2) is 0 Å². The zero-order valence-electron chi connectivity index (χ0n) is 12.6. The fourth-order valence-corrected chi connectivity index (χ4v) is 3.00. The largest absolute Gasteiger partial charge is 0.356 e. The Morgan fingerprint density at radius 2 is 2.15 bits per heavy atom. The van der Waals surface area contributed by atoms with E-state index in [0.29, 0.717) is 13.0 Å². The number of nitrogens with two attached hydrogens (primary N) is 1. The highest BCUT2D eigenvalue weighted by Gasteiger charge is 2.31. The first-order valence-corrected chi connectivity index (χ1v) is 7.55. The SMILES string of the molecule is Cc1cc(C)n(CCCNC(=O)CC2(N)CCCC2)n1. The van der Waals surface area contributed by atoms with E-state index in [1.54, 1.807) is 0 Å². The van der Waals surface area contributed by atoms with Crippen molar-refractivity contribution in [3.8, 4) is 0 Å². The minimum Gasteiger partial charge on any atom is -0.356 e. The van der Waals surface area contributed by atoms with Crippen molar-refractivity contribution in [2.75, 3.05) is 6.54 Å². The van der Waals surface area contributed by atoms with Crippen molar-refractivity contribution < 1.29 is 4.79 Å². The van der Waals surface area contributed by atoms with E-state index in [-0.39, 0.29) is 11.4 Å². The number of hydrogen-bond acceptors (Lipinski definition) is 3. The minimum absolute atomic E-state index is 0.0859. The molecule has 112 valence electrons. The molecule has 0 radical (unpaired) electrons. The van der Waals surface area contributed by atoms with E-state index in [9.17, 15) is 4.79 Å². The van der Waals surface area contributed by atoms with Crippen LogP contribution in [0, 0.1) is 13.8 Å². The number of nitrogens with one attached hydrogen (secondary N) is 1. The van der Waals surface area contributed by atoms with E-state index in [0.717, 1.165) is 44.3 Å². The first kappa shape index (κ1) is 15.0. The van der Waals surface area contributed by atoms with Gasteiger partial charge >= 0.3 is 0 Å². The van der Waals surface area contributed by atoms with Crippen LogP contribution in [0.3, 0.4) is 0 Å². The van der Waals surface area contributed by atoms with Gasteiger partial charge in [-0.05, 0) is 39.2 Å². The van der Waals surface area contributed by atoms with Gasteiger partial charge in [0.25, 0.3) is 0 Å². The molecule has 1 amide bonds. The molecule has 0 saturated heterocycles. The van der Waals surface area contributed by atoms with Crippen LogP contribution in [0.5, 0.6) is 0 Å². The lowest BCUT2D eigenvalue weighted by Crippen LogP contribution is -2.42. The van der Waals surface area contributed by atoms with Crippen LogP contribution in [0.1, 0.15) is 49.9 Å². The fraction of sp³-hybridized carbons (Fsp3) is 0.733. The molecule has 5 heteroatoms. The van der Waals surface area contributed by atoms with Gasteiger partial charge in [0.2, 0.25) is 5.91 Å². The molecule has 1 heterocycles. The second kappa shape index (κ2) is 6.39. The molecule has 1 aromatic heterocycles. The highest BCUT2D eigenvalue weighted by Crippen LogP contribution is 2.29. The van der Waals surface area contributed by atoms with E-state index in [1.807, 2.05) is 11.6 Å². The molecule has 3 N–H and O–H groups in total. The first-order chi connectivity index (χ1) is 9.48. The normalized spacial score (nSPS) is 17.4. The number of hydrogen-bond donors (Lipinski definition) is 2. The van der Waals surface area contributed by atoms with Crippen LogP contribution in [0.25, 0.3) is 0 Å². The molecular weight excluding hydrogens is 252 g/mol. The summed E-state index contributed by atoms with van der Waals surface area (Å²) in [5.41, 5.74) is 8.16. The lowest BCUT2D eigenvalue weighted by atomic mass is 9.94. The van der Waals surface area contributed by atoms with Crippen molar-refractivity contribution in [2.24, 2.45) is 5.73 Å². The maximum atomic E-state index is 11.9. The Hall–Kier alpha value is -1.36. The number of amides is 1. The molecule has 0 aromatic carbocycles. The molecule has 5 nitrogen and oxygen atoms in total. The summed E-state index contributed by atoms with van der Waals surface area (Å²) in [4.78, 5) is 11.9. The Bertz CT molecular complexity index is 460. The van der Waals surface area contributed by atoms with Crippen LogP contribution < -0.4 is 11.1 Å². The number of carbonyl (C=O) groups is 1. The summed E-state index contributed by atoms with van der Waals surface area (Å²) in [6.45, 7) is 5.57. The summed E-state index contributed by atoms with van der Waals surface area (Å²) in [5, 5.41) is 7.38. The van der Waals surface area contributed by atoms with Crippen molar-refractivity contribution in [2.45, 2.75) is 64.5 Å². The van der Waals surface area contributed by atoms with Gasteiger partial charge < -0.3 is 11.1 Å². The van der Waals surface area contributed by atoms with Gasteiger partial charge in [-0.3, -0.25) is 9.48 Å². The molecule has 2 rings (SSSR count). The molecule has 0 atom stereocenters. The standard InChI is InChI=1S/C15H26N4O/c1-12-10-13(2)19(18-12)9-5-8-17-14(20)11-15(16)6-3-4-7-15/h10H,3-9,11,16H2,1-2H3,(H,17,20). The third kappa shape index (κ3) is 4.07. The highest BCUT2D eigenvalue weighted by atomic mass is 16.1. The topological polar surface area (TPSA) is 72.9 Å². The quantitative estimate of drug-likeness (QED) is 0.777. The summed E-state index contributed by atoms with van der Waals surface area (Å²) in [6, 6.07) is 2.07. The van der Waals surface area contributed by atoms with E-state index in [4.69, 9.17) is 5.73 Å². The molecule has 0 bridgehead atoms. The molecule has 0 unspecified atom stereocenters. The zero-order valence-corrected chi connectivity index (χ0v) is 12.6. The second-order valence-electron chi connectivity index (χ2n) is 6.10. The van der Waals surface area contributed by atoms with Gasteiger partial charge in [-0.15, -0.1) is 0 Å². The van der Waals surface area contributed by atoms with Gasteiger partial charge in [0.05, 0.1) is 5.69 Å². The number of aryl methyl sites for hydroxylation is 3. The number of nitrogens with zero attached hydrogens (tertiary/aromatic N) is 2. The van der Waals surface area contributed by atoms with E-state index < -0.39 is 0 Å². The maximum Gasteiger partial charge on any atom is 0.221 e. The van der Waals surface area contributed by atoms with Gasteiger partial charge in [-0.2, -0.15) is 5.10 Å². The van der Waals surface area contributed by atoms with E-state index in [2.05, 4.69) is 23.4 Å². The minimum atomic E-state index is -0.250. The Morgan fingerprint density at radius 3 is 2.75 bits per heavy atom.